The van der Waals surface area contributed by atoms with E-state index in [0.717, 1.165) is 29.2 Å². The zero-order valence-corrected chi connectivity index (χ0v) is 13.5. The molecule has 1 aliphatic heterocycles. The van der Waals surface area contributed by atoms with Crippen molar-refractivity contribution in [1.82, 2.24) is 9.55 Å². The van der Waals surface area contributed by atoms with E-state index in [1.807, 2.05) is 36.9 Å². The molecule has 1 amide bonds. The molecule has 0 fully saturated rings. The number of ether oxygens (including phenoxy) is 2. The molecule has 0 saturated carbocycles. The average Bonchev–Trinajstić information content (AvgIpc) is 2.93. The van der Waals surface area contributed by atoms with Gasteiger partial charge in [0.05, 0.1) is 37.9 Å². The van der Waals surface area contributed by atoms with E-state index in [0.29, 0.717) is 18.8 Å². The number of hydrogen-bond donors (Lipinski definition) is 1. The minimum atomic E-state index is -0.489. The van der Waals surface area contributed by atoms with Crippen LogP contribution in [-0.2, 0) is 18.3 Å². The van der Waals surface area contributed by atoms with Crippen LogP contribution in [0.25, 0.3) is 0 Å². The van der Waals surface area contributed by atoms with E-state index in [-0.39, 0.29) is 0 Å². The Morgan fingerprint density at radius 2 is 2.30 bits per heavy atom. The fourth-order valence-corrected chi connectivity index (χ4v) is 2.71. The second-order valence-electron chi connectivity index (χ2n) is 5.56. The quantitative estimate of drug-likeness (QED) is 0.941. The molecule has 3 rings (SSSR count). The Kier molecular flexibility index (Phi) is 4.10. The van der Waals surface area contributed by atoms with Crippen molar-refractivity contribution in [1.29, 1.82) is 0 Å². The number of aromatic nitrogens is 2. The van der Waals surface area contributed by atoms with Crippen molar-refractivity contribution < 1.29 is 14.3 Å². The first-order valence-corrected chi connectivity index (χ1v) is 7.41. The summed E-state index contributed by atoms with van der Waals surface area (Å²) in [5.41, 5.74) is 3.60. The van der Waals surface area contributed by atoms with Crippen molar-refractivity contribution in [2.24, 2.45) is 7.05 Å². The van der Waals surface area contributed by atoms with E-state index < -0.39 is 6.09 Å². The number of methoxy groups -OCH3 is 1. The Hall–Kier alpha value is -2.70. The van der Waals surface area contributed by atoms with Crippen molar-refractivity contribution in [3.8, 4) is 5.75 Å². The second-order valence-corrected chi connectivity index (χ2v) is 5.56. The smallest absolute Gasteiger partial charge is 0.411 e. The first-order valence-electron chi connectivity index (χ1n) is 7.41. The number of hydrogen-bond acceptors (Lipinski definition) is 5. The van der Waals surface area contributed by atoms with Gasteiger partial charge < -0.3 is 18.9 Å². The molecule has 1 aromatic carbocycles. The first kappa shape index (κ1) is 15.2. The van der Waals surface area contributed by atoms with Crippen LogP contribution in [0, 0.1) is 6.92 Å². The van der Waals surface area contributed by atoms with E-state index in [2.05, 4.69) is 19.9 Å². The Morgan fingerprint density at radius 1 is 1.48 bits per heavy atom. The van der Waals surface area contributed by atoms with E-state index in [1.54, 1.807) is 6.33 Å². The Labute approximate surface area is 134 Å². The summed E-state index contributed by atoms with van der Waals surface area (Å²) in [6.07, 6.45) is 3.30. The van der Waals surface area contributed by atoms with Gasteiger partial charge in [-0.2, -0.15) is 0 Å². The number of fused-ring (bicyclic) bond motifs is 1. The third kappa shape index (κ3) is 3.23. The summed E-state index contributed by atoms with van der Waals surface area (Å²) < 4.78 is 12.4. The van der Waals surface area contributed by atoms with Crippen molar-refractivity contribution in [2.45, 2.75) is 13.5 Å². The molecule has 0 bridgehead atoms. The molecule has 0 atom stereocenters. The van der Waals surface area contributed by atoms with E-state index in [9.17, 15) is 4.79 Å². The highest BCUT2D eigenvalue weighted by Crippen LogP contribution is 2.38. The number of rotatable bonds is 3. The number of carbonyl (C=O) groups excluding carboxylic acids is 1. The van der Waals surface area contributed by atoms with Crippen molar-refractivity contribution in [2.75, 3.05) is 30.5 Å². The van der Waals surface area contributed by atoms with Crippen LogP contribution in [0.5, 0.6) is 5.75 Å². The fourth-order valence-electron chi connectivity index (χ4n) is 2.71. The van der Waals surface area contributed by atoms with Crippen LogP contribution in [0.2, 0.25) is 0 Å². The maximum absolute atomic E-state index is 11.4. The van der Waals surface area contributed by atoms with Gasteiger partial charge in [-0.05, 0) is 24.6 Å². The molecular formula is C16H20N4O3. The summed E-state index contributed by atoms with van der Waals surface area (Å²) in [7, 11) is 3.30. The van der Waals surface area contributed by atoms with Gasteiger partial charge in [-0.3, -0.25) is 5.32 Å². The molecule has 2 heterocycles. The van der Waals surface area contributed by atoms with Gasteiger partial charge in [-0.1, -0.05) is 0 Å². The van der Waals surface area contributed by atoms with Gasteiger partial charge >= 0.3 is 6.09 Å². The lowest BCUT2D eigenvalue weighted by Gasteiger charge is -2.32. The maximum atomic E-state index is 11.4. The Bertz CT molecular complexity index is 726. The number of anilines is 2. The summed E-state index contributed by atoms with van der Waals surface area (Å²) in [5.74, 6) is 0.850. The van der Waals surface area contributed by atoms with E-state index in [1.165, 1.54) is 7.11 Å². The third-order valence-electron chi connectivity index (χ3n) is 3.75. The number of amides is 1. The van der Waals surface area contributed by atoms with Crippen LogP contribution >= 0.6 is 0 Å². The van der Waals surface area contributed by atoms with Crippen molar-refractivity contribution >= 4 is 17.5 Å². The molecule has 0 saturated heterocycles. The minimum Gasteiger partial charge on any atom is -0.489 e. The van der Waals surface area contributed by atoms with Crippen molar-refractivity contribution in [3.63, 3.8) is 0 Å². The molecule has 0 aliphatic carbocycles. The summed E-state index contributed by atoms with van der Waals surface area (Å²) >= 11 is 0. The summed E-state index contributed by atoms with van der Waals surface area (Å²) in [6, 6.07) is 3.78. The molecule has 0 spiro atoms. The highest BCUT2D eigenvalue weighted by atomic mass is 16.5. The lowest BCUT2D eigenvalue weighted by atomic mass is 10.1. The third-order valence-corrected chi connectivity index (χ3v) is 3.75. The van der Waals surface area contributed by atoms with Crippen LogP contribution in [0.1, 0.15) is 11.3 Å². The lowest BCUT2D eigenvalue weighted by molar-refractivity contribution is 0.187. The summed E-state index contributed by atoms with van der Waals surface area (Å²) in [4.78, 5) is 18.0. The van der Waals surface area contributed by atoms with Gasteiger partial charge in [0.1, 0.15) is 12.4 Å². The fraction of sp³-hybridized carbons (Fsp3) is 0.375. The van der Waals surface area contributed by atoms with Crippen LogP contribution in [0.3, 0.4) is 0 Å². The SMILES string of the molecule is COC(=O)Nc1cc(C)c2c(c1)N(Cc1cn(C)cn1)CCO2. The predicted octanol–water partition coefficient (Wildman–Crippen LogP) is 2.31. The zero-order valence-electron chi connectivity index (χ0n) is 13.5. The number of aryl methyl sites for hydroxylation is 2. The van der Waals surface area contributed by atoms with E-state index >= 15 is 0 Å². The second kappa shape index (κ2) is 6.20. The monoisotopic (exact) mass is 316 g/mol. The Balaban J connectivity index is 1.90. The topological polar surface area (TPSA) is 68.6 Å². The molecule has 7 heteroatoms. The van der Waals surface area contributed by atoms with Crippen LogP contribution in [0.15, 0.2) is 24.7 Å². The van der Waals surface area contributed by atoms with Crippen LogP contribution < -0.4 is 15.0 Å². The van der Waals surface area contributed by atoms with Crippen LogP contribution in [0.4, 0.5) is 16.2 Å². The molecule has 122 valence electrons. The van der Waals surface area contributed by atoms with Gasteiger partial charge in [-0.15, -0.1) is 0 Å². The highest BCUT2D eigenvalue weighted by molar-refractivity contribution is 5.86. The number of nitrogens with zero attached hydrogens (tertiary/aromatic N) is 3. The number of carbonyl (C=O) groups is 1. The predicted molar refractivity (Wildman–Crippen MR) is 87.0 cm³/mol. The molecule has 0 radical (unpaired) electrons. The minimum absolute atomic E-state index is 0.489. The molecule has 23 heavy (non-hydrogen) atoms. The molecule has 1 aliphatic rings. The maximum Gasteiger partial charge on any atom is 0.411 e. The largest absolute Gasteiger partial charge is 0.489 e. The molecule has 1 aromatic heterocycles. The molecule has 2 aromatic rings. The van der Waals surface area contributed by atoms with Gasteiger partial charge in [0, 0.05) is 18.9 Å². The Morgan fingerprint density at radius 3 is 3.00 bits per heavy atom. The normalized spacial score (nSPS) is 13.3. The summed E-state index contributed by atoms with van der Waals surface area (Å²) in [5, 5.41) is 2.71. The standard InChI is InChI=1S/C16H20N4O3/c1-11-6-12(18-16(21)22-3)7-14-15(11)23-5-4-20(14)9-13-8-19(2)10-17-13/h6-8,10H,4-5,9H2,1-3H3,(H,18,21). The zero-order chi connectivity index (χ0) is 16.4. The van der Waals surface area contributed by atoms with Gasteiger partial charge in [0.2, 0.25) is 0 Å². The van der Waals surface area contributed by atoms with Crippen LogP contribution in [-0.4, -0.2) is 35.9 Å². The van der Waals surface area contributed by atoms with Gasteiger partial charge in [0.25, 0.3) is 0 Å². The van der Waals surface area contributed by atoms with Gasteiger partial charge in [-0.25, -0.2) is 9.78 Å². The molecule has 1 N–H and O–H groups in total. The summed E-state index contributed by atoms with van der Waals surface area (Å²) in [6.45, 7) is 4.05. The van der Waals surface area contributed by atoms with Crippen molar-refractivity contribution in [3.05, 3.63) is 35.9 Å². The number of nitrogens with one attached hydrogen (secondary N) is 1. The molecule has 0 unspecified atom stereocenters. The lowest BCUT2D eigenvalue weighted by Crippen LogP contribution is -2.32. The van der Waals surface area contributed by atoms with E-state index in [4.69, 9.17) is 4.74 Å². The highest BCUT2D eigenvalue weighted by Gasteiger charge is 2.22. The van der Waals surface area contributed by atoms with Gasteiger partial charge in [0.15, 0.2) is 0 Å². The molecule has 7 nitrogen and oxygen atoms in total. The first-order chi connectivity index (χ1) is 11.1. The molecular weight excluding hydrogens is 296 g/mol. The number of benzene rings is 1. The average molecular weight is 316 g/mol. The number of imidazole rings is 1.